The lowest BCUT2D eigenvalue weighted by molar-refractivity contribution is -0.137. The number of carbonyl (C=O) groups excluding carboxylic acids is 2. The number of rotatable bonds is 5. The maximum absolute atomic E-state index is 12.8. The van der Waals surface area contributed by atoms with Crippen molar-refractivity contribution in [2.75, 3.05) is 5.32 Å². The van der Waals surface area contributed by atoms with E-state index in [4.69, 9.17) is 5.73 Å². The standard InChI is InChI=1S/C19H15F3N4O2/c20-19(21,22)13-5-3-4-12(10-13)11-17(27)24-14-6-1-2-7-16(14)26-9-8-15(25-26)18(23)28/h1-10H,11H2,(H2,23,28)(H,24,27). The summed E-state index contributed by atoms with van der Waals surface area (Å²) in [7, 11) is 0. The van der Waals surface area contributed by atoms with Crippen LogP contribution in [0.2, 0.25) is 0 Å². The van der Waals surface area contributed by atoms with Crippen LogP contribution in [0.5, 0.6) is 0 Å². The molecule has 0 spiro atoms. The third kappa shape index (κ3) is 4.37. The van der Waals surface area contributed by atoms with Gasteiger partial charge in [-0.1, -0.05) is 30.3 Å². The van der Waals surface area contributed by atoms with E-state index in [1.807, 2.05) is 0 Å². The Bertz CT molecular complexity index is 1030. The van der Waals surface area contributed by atoms with Gasteiger partial charge in [-0.3, -0.25) is 9.59 Å². The summed E-state index contributed by atoms with van der Waals surface area (Å²) >= 11 is 0. The third-order valence-corrected chi connectivity index (χ3v) is 3.89. The highest BCUT2D eigenvalue weighted by atomic mass is 19.4. The topological polar surface area (TPSA) is 90.0 Å². The average Bonchev–Trinajstić information content (AvgIpc) is 3.12. The summed E-state index contributed by atoms with van der Waals surface area (Å²) in [5, 5.41) is 6.69. The SMILES string of the molecule is NC(=O)c1ccn(-c2ccccc2NC(=O)Cc2cccc(C(F)(F)F)c2)n1. The van der Waals surface area contributed by atoms with Crippen LogP contribution in [-0.2, 0) is 17.4 Å². The number of alkyl halides is 3. The quantitative estimate of drug-likeness (QED) is 0.704. The Balaban J connectivity index is 1.79. The molecular formula is C19H15F3N4O2. The van der Waals surface area contributed by atoms with Crippen molar-refractivity contribution in [2.45, 2.75) is 12.6 Å². The second-order valence-corrected chi connectivity index (χ2v) is 5.95. The Kier molecular flexibility index (Phi) is 5.16. The van der Waals surface area contributed by atoms with E-state index in [0.29, 0.717) is 11.4 Å². The lowest BCUT2D eigenvalue weighted by atomic mass is 10.1. The predicted octanol–water partition coefficient (Wildman–Crippen LogP) is 3.17. The molecule has 2 aromatic carbocycles. The van der Waals surface area contributed by atoms with Gasteiger partial charge in [0.05, 0.1) is 23.4 Å². The second-order valence-electron chi connectivity index (χ2n) is 5.95. The van der Waals surface area contributed by atoms with Crippen LogP contribution in [0, 0.1) is 0 Å². The summed E-state index contributed by atoms with van der Waals surface area (Å²) in [6.45, 7) is 0. The summed E-state index contributed by atoms with van der Waals surface area (Å²) in [5.74, 6) is -1.18. The normalized spacial score (nSPS) is 11.2. The van der Waals surface area contributed by atoms with Gasteiger partial charge in [-0.2, -0.15) is 18.3 Å². The molecule has 28 heavy (non-hydrogen) atoms. The number of hydrogen-bond acceptors (Lipinski definition) is 3. The molecule has 0 saturated carbocycles. The largest absolute Gasteiger partial charge is 0.416 e. The molecule has 144 valence electrons. The number of benzene rings is 2. The molecular weight excluding hydrogens is 373 g/mol. The van der Waals surface area contributed by atoms with Gasteiger partial charge in [0.15, 0.2) is 0 Å². The van der Waals surface area contributed by atoms with Gasteiger partial charge in [0.2, 0.25) is 5.91 Å². The molecule has 0 saturated heterocycles. The number of anilines is 1. The number of aromatic nitrogens is 2. The summed E-state index contributed by atoms with van der Waals surface area (Å²) in [6.07, 6.45) is -3.20. The van der Waals surface area contributed by atoms with Gasteiger partial charge in [0.25, 0.3) is 5.91 Å². The van der Waals surface area contributed by atoms with Crippen molar-refractivity contribution in [3.8, 4) is 5.69 Å². The first-order valence-electron chi connectivity index (χ1n) is 8.15. The first-order valence-corrected chi connectivity index (χ1v) is 8.15. The zero-order valence-electron chi connectivity index (χ0n) is 14.4. The summed E-state index contributed by atoms with van der Waals surface area (Å²) in [4.78, 5) is 23.5. The van der Waals surface area contributed by atoms with Crippen LogP contribution < -0.4 is 11.1 Å². The molecule has 1 heterocycles. The number of carbonyl (C=O) groups is 2. The van der Waals surface area contributed by atoms with Crippen molar-refractivity contribution >= 4 is 17.5 Å². The van der Waals surface area contributed by atoms with E-state index in [1.165, 1.54) is 29.1 Å². The van der Waals surface area contributed by atoms with Gasteiger partial charge in [0.1, 0.15) is 5.69 Å². The molecule has 3 N–H and O–H groups in total. The summed E-state index contributed by atoms with van der Waals surface area (Å²) in [6, 6.07) is 12.7. The number of hydrogen-bond donors (Lipinski definition) is 2. The van der Waals surface area contributed by atoms with E-state index in [2.05, 4.69) is 10.4 Å². The van der Waals surface area contributed by atoms with Crippen molar-refractivity contribution in [1.29, 1.82) is 0 Å². The van der Waals surface area contributed by atoms with Crippen molar-refractivity contribution in [2.24, 2.45) is 5.73 Å². The Morgan fingerprint density at radius 2 is 1.82 bits per heavy atom. The fraction of sp³-hybridized carbons (Fsp3) is 0.105. The van der Waals surface area contributed by atoms with Crippen LogP contribution in [0.4, 0.5) is 18.9 Å². The number of nitrogens with one attached hydrogen (secondary N) is 1. The molecule has 0 bridgehead atoms. The van der Waals surface area contributed by atoms with Crippen LogP contribution in [-0.4, -0.2) is 21.6 Å². The van der Waals surface area contributed by atoms with Crippen LogP contribution in [0.25, 0.3) is 5.69 Å². The number of nitrogens with two attached hydrogens (primary N) is 1. The number of amides is 2. The highest BCUT2D eigenvalue weighted by molar-refractivity contribution is 5.94. The highest BCUT2D eigenvalue weighted by Crippen LogP contribution is 2.29. The number of nitrogens with zero attached hydrogens (tertiary/aromatic N) is 2. The third-order valence-electron chi connectivity index (χ3n) is 3.89. The zero-order chi connectivity index (χ0) is 20.3. The smallest absolute Gasteiger partial charge is 0.364 e. The summed E-state index contributed by atoms with van der Waals surface area (Å²) in [5.41, 5.74) is 5.54. The molecule has 0 unspecified atom stereocenters. The molecule has 0 fully saturated rings. The Morgan fingerprint density at radius 1 is 1.07 bits per heavy atom. The van der Waals surface area contributed by atoms with E-state index in [-0.39, 0.29) is 17.7 Å². The molecule has 9 heteroatoms. The van der Waals surface area contributed by atoms with Crippen molar-refractivity contribution in [3.05, 3.63) is 77.6 Å². The monoisotopic (exact) mass is 388 g/mol. The van der Waals surface area contributed by atoms with Gasteiger partial charge in [0, 0.05) is 6.20 Å². The molecule has 0 atom stereocenters. The van der Waals surface area contributed by atoms with Gasteiger partial charge in [-0.15, -0.1) is 0 Å². The molecule has 0 aliphatic heterocycles. The summed E-state index contributed by atoms with van der Waals surface area (Å²) < 4.78 is 39.8. The van der Waals surface area contributed by atoms with Crippen molar-refractivity contribution < 1.29 is 22.8 Å². The molecule has 1 aromatic heterocycles. The molecule has 2 amide bonds. The minimum atomic E-state index is -4.47. The van der Waals surface area contributed by atoms with Crippen LogP contribution in [0.3, 0.4) is 0 Å². The maximum atomic E-state index is 12.8. The number of para-hydroxylation sites is 2. The van der Waals surface area contributed by atoms with Gasteiger partial charge in [-0.25, -0.2) is 4.68 Å². The zero-order valence-corrected chi connectivity index (χ0v) is 14.4. The maximum Gasteiger partial charge on any atom is 0.416 e. The van der Waals surface area contributed by atoms with E-state index >= 15 is 0 Å². The Hall–Kier alpha value is -3.62. The van der Waals surface area contributed by atoms with Gasteiger partial charge < -0.3 is 11.1 Å². The Labute approximate surface area is 157 Å². The molecule has 0 radical (unpaired) electrons. The molecule has 0 aliphatic carbocycles. The lowest BCUT2D eigenvalue weighted by Gasteiger charge is -2.12. The van der Waals surface area contributed by atoms with Crippen molar-refractivity contribution in [1.82, 2.24) is 9.78 Å². The fourth-order valence-electron chi connectivity index (χ4n) is 2.61. The lowest BCUT2D eigenvalue weighted by Crippen LogP contribution is -2.17. The molecule has 0 aliphatic rings. The highest BCUT2D eigenvalue weighted by Gasteiger charge is 2.30. The van der Waals surface area contributed by atoms with E-state index < -0.39 is 23.6 Å². The molecule has 3 aromatic rings. The van der Waals surface area contributed by atoms with Crippen LogP contribution >= 0.6 is 0 Å². The van der Waals surface area contributed by atoms with Crippen molar-refractivity contribution in [3.63, 3.8) is 0 Å². The average molecular weight is 388 g/mol. The van der Waals surface area contributed by atoms with E-state index in [0.717, 1.165) is 12.1 Å². The van der Waals surface area contributed by atoms with E-state index in [9.17, 15) is 22.8 Å². The van der Waals surface area contributed by atoms with Crippen LogP contribution in [0.15, 0.2) is 60.8 Å². The number of halogens is 3. The van der Waals surface area contributed by atoms with Gasteiger partial charge >= 0.3 is 6.18 Å². The Morgan fingerprint density at radius 3 is 2.50 bits per heavy atom. The van der Waals surface area contributed by atoms with Crippen LogP contribution in [0.1, 0.15) is 21.6 Å². The minimum absolute atomic E-state index is 0.0603. The first-order chi connectivity index (χ1) is 13.2. The second kappa shape index (κ2) is 7.55. The molecule has 3 rings (SSSR count). The first kappa shape index (κ1) is 19.2. The van der Waals surface area contributed by atoms with Gasteiger partial charge in [-0.05, 0) is 29.8 Å². The minimum Gasteiger partial charge on any atom is -0.364 e. The molecule has 6 nitrogen and oxygen atoms in total. The number of primary amides is 1. The predicted molar refractivity (Wildman–Crippen MR) is 95.9 cm³/mol. The van der Waals surface area contributed by atoms with E-state index in [1.54, 1.807) is 24.3 Å². The fourth-order valence-corrected chi connectivity index (χ4v) is 2.61.